The van der Waals surface area contributed by atoms with E-state index in [0.717, 1.165) is 10.9 Å². The van der Waals surface area contributed by atoms with Crippen LogP contribution in [0.2, 0.25) is 0 Å². The lowest BCUT2D eigenvalue weighted by atomic mass is 10.2. The standard InChI is InChI=1S/C12H15BrN2O3/c1-17-9-2-3-10(13)11(6-9)15-12(16)14-8-4-5-18-7-8/h2-3,6,8H,4-5,7H2,1H3,(H2,14,15,16). The highest BCUT2D eigenvalue weighted by Crippen LogP contribution is 2.27. The van der Waals surface area contributed by atoms with Crippen LogP contribution >= 0.6 is 15.9 Å². The van der Waals surface area contributed by atoms with Crippen LogP contribution in [0.3, 0.4) is 0 Å². The lowest BCUT2D eigenvalue weighted by molar-refractivity contribution is 0.189. The maximum atomic E-state index is 11.8. The van der Waals surface area contributed by atoms with Crippen molar-refractivity contribution in [2.75, 3.05) is 25.6 Å². The molecule has 0 aliphatic carbocycles. The molecule has 1 heterocycles. The Balaban J connectivity index is 1.97. The molecule has 0 spiro atoms. The number of carbonyl (C=O) groups excluding carboxylic acids is 1. The topological polar surface area (TPSA) is 59.6 Å². The molecule has 0 aromatic heterocycles. The summed E-state index contributed by atoms with van der Waals surface area (Å²) in [5.41, 5.74) is 0.672. The van der Waals surface area contributed by atoms with Gasteiger partial charge in [-0.1, -0.05) is 0 Å². The van der Waals surface area contributed by atoms with Crippen molar-refractivity contribution in [2.24, 2.45) is 0 Å². The fourth-order valence-electron chi connectivity index (χ4n) is 1.72. The number of hydrogen-bond acceptors (Lipinski definition) is 3. The number of amides is 2. The molecule has 2 rings (SSSR count). The molecule has 1 fully saturated rings. The molecule has 2 amide bonds. The zero-order valence-corrected chi connectivity index (χ0v) is 11.6. The molecule has 98 valence electrons. The SMILES string of the molecule is COc1ccc(Br)c(NC(=O)NC2CCOC2)c1. The number of nitrogens with one attached hydrogen (secondary N) is 2. The summed E-state index contributed by atoms with van der Waals surface area (Å²) >= 11 is 3.38. The van der Waals surface area contributed by atoms with Crippen molar-refractivity contribution in [1.29, 1.82) is 0 Å². The lowest BCUT2D eigenvalue weighted by Crippen LogP contribution is -2.38. The lowest BCUT2D eigenvalue weighted by Gasteiger charge is -2.13. The van der Waals surface area contributed by atoms with Gasteiger partial charge in [-0.25, -0.2) is 4.79 Å². The van der Waals surface area contributed by atoms with Gasteiger partial charge in [0.05, 0.1) is 25.4 Å². The van der Waals surface area contributed by atoms with E-state index in [1.807, 2.05) is 12.1 Å². The second-order valence-electron chi connectivity index (χ2n) is 4.00. The Morgan fingerprint density at radius 1 is 1.56 bits per heavy atom. The van der Waals surface area contributed by atoms with Gasteiger partial charge < -0.3 is 20.1 Å². The van der Waals surface area contributed by atoms with E-state index < -0.39 is 0 Å². The zero-order chi connectivity index (χ0) is 13.0. The number of halogens is 1. The first kappa shape index (κ1) is 13.2. The number of methoxy groups -OCH3 is 1. The molecule has 18 heavy (non-hydrogen) atoms. The van der Waals surface area contributed by atoms with Crippen LogP contribution in [-0.2, 0) is 4.74 Å². The predicted octanol–water partition coefficient (Wildman–Crippen LogP) is 2.37. The summed E-state index contributed by atoms with van der Waals surface area (Å²) in [6.07, 6.45) is 0.854. The van der Waals surface area contributed by atoms with Gasteiger partial charge in [0.1, 0.15) is 5.75 Å². The first-order valence-corrected chi connectivity index (χ1v) is 6.47. The quantitative estimate of drug-likeness (QED) is 0.900. The molecule has 1 unspecified atom stereocenters. The smallest absolute Gasteiger partial charge is 0.319 e. The maximum Gasteiger partial charge on any atom is 0.319 e. The molecule has 1 saturated heterocycles. The van der Waals surface area contributed by atoms with E-state index >= 15 is 0 Å². The Morgan fingerprint density at radius 2 is 2.39 bits per heavy atom. The zero-order valence-electron chi connectivity index (χ0n) is 10.0. The third kappa shape index (κ3) is 3.36. The van der Waals surface area contributed by atoms with Gasteiger partial charge >= 0.3 is 6.03 Å². The fraction of sp³-hybridized carbons (Fsp3) is 0.417. The average Bonchev–Trinajstić information content (AvgIpc) is 2.84. The van der Waals surface area contributed by atoms with E-state index in [2.05, 4.69) is 26.6 Å². The van der Waals surface area contributed by atoms with Crippen LogP contribution in [0.15, 0.2) is 22.7 Å². The van der Waals surface area contributed by atoms with E-state index in [-0.39, 0.29) is 12.1 Å². The van der Waals surface area contributed by atoms with Crippen molar-refractivity contribution >= 4 is 27.6 Å². The van der Waals surface area contributed by atoms with Gasteiger partial charge in [-0.2, -0.15) is 0 Å². The summed E-state index contributed by atoms with van der Waals surface area (Å²) in [6, 6.07) is 5.26. The number of anilines is 1. The van der Waals surface area contributed by atoms with Gasteiger partial charge in [-0.15, -0.1) is 0 Å². The minimum absolute atomic E-state index is 0.0920. The molecular weight excluding hydrogens is 300 g/mol. The molecule has 1 aliphatic heterocycles. The molecule has 2 N–H and O–H groups in total. The minimum Gasteiger partial charge on any atom is -0.497 e. The highest BCUT2D eigenvalue weighted by Gasteiger charge is 2.18. The van der Waals surface area contributed by atoms with E-state index in [1.165, 1.54) is 0 Å². The summed E-state index contributed by atoms with van der Waals surface area (Å²) in [6.45, 7) is 1.28. The molecule has 5 nitrogen and oxygen atoms in total. The molecule has 1 atom stereocenters. The van der Waals surface area contributed by atoms with Crippen molar-refractivity contribution in [2.45, 2.75) is 12.5 Å². The highest BCUT2D eigenvalue weighted by molar-refractivity contribution is 9.10. The Bertz CT molecular complexity index is 433. The Hall–Kier alpha value is -1.27. The third-order valence-electron chi connectivity index (χ3n) is 2.69. The molecular formula is C12H15BrN2O3. The molecule has 6 heteroatoms. The third-order valence-corrected chi connectivity index (χ3v) is 3.38. The average molecular weight is 315 g/mol. The van der Waals surface area contributed by atoms with Gasteiger partial charge in [0.25, 0.3) is 0 Å². The normalized spacial score (nSPS) is 18.4. The summed E-state index contributed by atoms with van der Waals surface area (Å²) in [5.74, 6) is 0.692. The Kier molecular flexibility index (Phi) is 4.43. The summed E-state index contributed by atoms with van der Waals surface area (Å²) in [7, 11) is 1.59. The minimum atomic E-state index is -0.237. The predicted molar refractivity (Wildman–Crippen MR) is 72.1 cm³/mol. The summed E-state index contributed by atoms with van der Waals surface area (Å²) in [4.78, 5) is 11.8. The molecule has 0 bridgehead atoms. The first-order chi connectivity index (χ1) is 8.69. The van der Waals surface area contributed by atoms with Gasteiger partial charge in [0.2, 0.25) is 0 Å². The van der Waals surface area contributed by atoms with Crippen LogP contribution in [0.4, 0.5) is 10.5 Å². The number of carbonyl (C=O) groups is 1. The van der Waals surface area contributed by atoms with Crippen LogP contribution in [0, 0.1) is 0 Å². The molecule has 0 saturated carbocycles. The van der Waals surface area contributed by atoms with E-state index in [1.54, 1.807) is 13.2 Å². The van der Waals surface area contributed by atoms with Crippen LogP contribution < -0.4 is 15.4 Å². The number of urea groups is 1. The van der Waals surface area contributed by atoms with Crippen LogP contribution in [-0.4, -0.2) is 32.4 Å². The largest absolute Gasteiger partial charge is 0.497 e. The van der Waals surface area contributed by atoms with Gasteiger partial charge in [-0.3, -0.25) is 0 Å². The highest BCUT2D eigenvalue weighted by atomic mass is 79.9. The number of benzene rings is 1. The van der Waals surface area contributed by atoms with Crippen LogP contribution in [0.1, 0.15) is 6.42 Å². The van der Waals surface area contributed by atoms with E-state index in [9.17, 15) is 4.79 Å². The number of ether oxygens (including phenoxy) is 2. The number of rotatable bonds is 3. The van der Waals surface area contributed by atoms with Crippen molar-refractivity contribution in [1.82, 2.24) is 5.32 Å². The second-order valence-corrected chi connectivity index (χ2v) is 4.86. The molecule has 1 aliphatic rings. The van der Waals surface area contributed by atoms with Crippen LogP contribution in [0.5, 0.6) is 5.75 Å². The summed E-state index contributed by atoms with van der Waals surface area (Å²) in [5, 5.41) is 5.63. The van der Waals surface area contributed by atoms with Crippen molar-refractivity contribution in [3.8, 4) is 5.75 Å². The summed E-state index contributed by atoms with van der Waals surface area (Å²) < 4.78 is 11.1. The maximum absolute atomic E-state index is 11.8. The molecule has 1 aromatic rings. The Labute approximate surface area is 114 Å². The van der Waals surface area contributed by atoms with Gasteiger partial charge in [-0.05, 0) is 34.5 Å². The van der Waals surface area contributed by atoms with E-state index in [4.69, 9.17) is 9.47 Å². The molecule has 1 aromatic carbocycles. The van der Waals surface area contributed by atoms with Crippen molar-refractivity contribution in [3.63, 3.8) is 0 Å². The first-order valence-electron chi connectivity index (χ1n) is 5.68. The van der Waals surface area contributed by atoms with Gasteiger partial charge in [0.15, 0.2) is 0 Å². The van der Waals surface area contributed by atoms with Gasteiger partial charge in [0, 0.05) is 17.1 Å². The van der Waals surface area contributed by atoms with Crippen molar-refractivity contribution < 1.29 is 14.3 Å². The molecule has 0 radical (unpaired) electrons. The number of hydrogen-bond donors (Lipinski definition) is 2. The fourth-order valence-corrected chi connectivity index (χ4v) is 2.07. The van der Waals surface area contributed by atoms with Crippen molar-refractivity contribution in [3.05, 3.63) is 22.7 Å². The van der Waals surface area contributed by atoms with E-state index in [0.29, 0.717) is 24.7 Å². The van der Waals surface area contributed by atoms with Crippen LogP contribution in [0.25, 0.3) is 0 Å². The second kappa shape index (κ2) is 6.06. The Morgan fingerprint density at radius 3 is 3.06 bits per heavy atom. The monoisotopic (exact) mass is 314 g/mol.